The minimum Gasteiger partial charge on any atom is -0.481 e. The molecule has 0 saturated heterocycles. The van der Waals surface area contributed by atoms with Crippen molar-refractivity contribution in [2.24, 2.45) is 5.41 Å². The molecule has 0 aliphatic heterocycles. The van der Waals surface area contributed by atoms with Crippen molar-refractivity contribution in [1.29, 1.82) is 0 Å². The number of hydrogen-bond acceptors (Lipinski definition) is 3. The van der Waals surface area contributed by atoms with E-state index < -0.39 is 11.4 Å². The molecule has 0 heterocycles. The van der Waals surface area contributed by atoms with Gasteiger partial charge in [-0.2, -0.15) is 0 Å². The number of thioether (sulfide) groups is 1. The molecule has 0 unspecified atom stereocenters. The fourth-order valence-electron chi connectivity index (χ4n) is 2.39. The van der Waals surface area contributed by atoms with Gasteiger partial charge in [-0.1, -0.05) is 24.1 Å². The van der Waals surface area contributed by atoms with Crippen molar-refractivity contribution in [3.8, 4) is 0 Å². The molecule has 114 valence electrons. The second kappa shape index (κ2) is 6.52. The van der Waals surface area contributed by atoms with E-state index in [-0.39, 0.29) is 12.5 Å². The minimum atomic E-state index is -0.795. The summed E-state index contributed by atoms with van der Waals surface area (Å²) in [7, 11) is 0. The molecule has 4 nitrogen and oxygen atoms in total. The highest BCUT2D eigenvalue weighted by Crippen LogP contribution is 2.40. The molecule has 0 atom stereocenters. The Hall–Kier alpha value is -1.49. The number of carboxylic acids is 1. The molecule has 1 fully saturated rings. The molecule has 5 heteroatoms. The van der Waals surface area contributed by atoms with Crippen molar-refractivity contribution in [3.63, 3.8) is 0 Å². The predicted molar refractivity (Wildman–Crippen MR) is 83.6 cm³/mol. The van der Waals surface area contributed by atoms with Gasteiger partial charge in [0, 0.05) is 11.4 Å². The Labute approximate surface area is 129 Å². The summed E-state index contributed by atoms with van der Waals surface area (Å²) in [5.41, 5.74) is 1.60. The first-order valence-electron chi connectivity index (χ1n) is 7.13. The third kappa shape index (κ3) is 3.79. The molecule has 0 radical (unpaired) electrons. The van der Waals surface area contributed by atoms with Gasteiger partial charge in [-0.25, -0.2) is 0 Å². The van der Waals surface area contributed by atoms with E-state index in [1.807, 2.05) is 26.0 Å². The summed E-state index contributed by atoms with van der Waals surface area (Å²) in [5.74, 6) is -0.579. The monoisotopic (exact) mass is 307 g/mol. The minimum absolute atomic E-state index is 0.103. The van der Waals surface area contributed by atoms with Gasteiger partial charge in [-0.15, -0.1) is 11.8 Å². The lowest BCUT2D eigenvalue weighted by molar-refractivity contribution is -0.154. The van der Waals surface area contributed by atoms with Crippen LogP contribution >= 0.6 is 11.8 Å². The van der Waals surface area contributed by atoms with Gasteiger partial charge < -0.3 is 10.4 Å². The van der Waals surface area contributed by atoms with Gasteiger partial charge in [0.05, 0.1) is 11.2 Å². The molecule has 0 spiro atoms. The fraction of sp³-hybridized carbons (Fsp3) is 0.500. The Balaban J connectivity index is 1.82. The summed E-state index contributed by atoms with van der Waals surface area (Å²) >= 11 is 1.49. The van der Waals surface area contributed by atoms with Gasteiger partial charge in [-0.05, 0) is 38.3 Å². The number of aryl methyl sites for hydroxylation is 2. The quantitative estimate of drug-likeness (QED) is 0.793. The standard InChI is InChI=1S/C16H21NO3S/c1-11-4-5-12(2)13(8-11)21-9-14(18)17-10-16(15(19)20)6-3-7-16/h4-5,8H,3,6-7,9-10H2,1-2H3,(H,17,18)(H,19,20). The van der Waals surface area contributed by atoms with Gasteiger partial charge in [0.15, 0.2) is 0 Å². The first kappa shape index (κ1) is 15.9. The Bertz CT molecular complexity index is 552. The largest absolute Gasteiger partial charge is 0.481 e. The Morgan fingerprint density at radius 2 is 2.05 bits per heavy atom. The molecule has 21 heavy (non-hydrogen) atoms. The maximum absolute atomic E-state index is 11.9. The topological polar surface area (TPSA) is 66.4 Å². The second-order valence-corrected chi connectivity index (χ2v) is 6.79. The van der Waals surface area contributed by atoms with E-state index >= 15 is 0 Å². The summed E-state index contributed by atoms with van der Waals surface area (Å²) < 4.78 is 0. The average Bonchev–Trinajstić information content (AvgIpc) is 2.38. The van der Waals surface area contributed by atoms with E-state index in [0.717, 1.165) is 16.9 Å². The summed E-state index contributed by atoms with van der Waals surface area (Å²) in [6, 6.07) is 6.16. The number of nitrogens with one attached hydrogen (secondary N) is 1. The Kier molecular flexibility index (Phi) is 4.93. The lowest BCUT2D eigenvalue weighted by Crippen LogP contribution is -2.47. The SMILES string of the molecule is Cc1ccc(C)c(SCC(=O)NCC2(C(=O)O)CCC2)c1. The normalized spacial score (nSPS) is 16.1. The first-order chi connectivity index (χ1) is 9.93. The van der Waals surface area contributed by atoms with Crippen molar-refractivity contribution in [3.05, 3.63) is 29.3 Å². The van der Waals surface area contributed by atoms with Crippen LogP contribution in [0, 0.1) is 19.3 Å². The third-order valence-corrected chi connectivity index (χ3v) is 5.25. The molecule has 1 aromatic rings. The van der Waals surface area contributed by atoms with Gasteiger partial charge >= 0.3 is 5.97 Å². The highest BCUT2D eigenvalue weighted by molar-refractivity contribution is 8.00. The van der Waals surface area contributed by atoms with Crippen LogP contribution in [0.1, 0.15) is 30.4 Å². The molecule has 2 rings (SSSR count). The number of benzene rings is 1. The molecule has 1 saturated carbocycles. The average molecular weight is 307 g/mol. The lowest BCUT2D eigenvalue weighted by atomic mass is 9.69. The summed E-state index contributed by atoms with van der Waals surface area (Å²) in [4.78, 5) is 24.2. The van der Waals surface area contributed by atoms with Crippen molar-refractivity contribution in [2.75, 3.05) is 12.3 Å². The molecule has 2 N–H and O–H groups in total. The molecular formula is C16H21NO3S. The van der Waals surface area contributed by atoms with Crippen LogP contribution in [0.25, 0.3) is 0 Å². The van der Waals surface area contributed by atoms with Crippen molar-refractivity contribution < 1.29 is 14.7 Å². The Morgan fingerprint density at radius 1 is 1.33 bits per heavy atom. The van der Waals surface area contributed by atoms with Crippen LogP contribution in [0.15, 0.2) is 23.1 Å². The Morgan fingerprint density at radius 3 is 2.62 bits per heavy atom. The number of carbonyl (C=O) groups excluding carboxylic acids is 1. The zero-order valence-electron chi connectivity index (χ0n) is 12.4. The highest BCUT2D eigenvalue weighted by atomic mass is 32.2. The first-order valence-corrected chi connectivity index (χ1v) is 8.12. The number of hydrogen-bond donors (Lipinski definition) is 2. The molecule has 0 bridgehead atoms. The highest BCUT2D eigenvalue weighted by Gasteiger charge is 2.44. The molecule has 0 aromatic heterocycles. The van der Waals surface area contributed by atoms with Gasteiger partial charge in [0.25, 0.3) is 0 Å². The maximum atomic E-state index is 11.9. The number of carbonyl (C=O) groups is 2. The number of amides is 1. The predicted octanol–water partition coefficient (Wildman–Crippen LogP) is 2.77. The lowest BCUT2D eigenvalue weighted by Gasteiger charge is -2.37. The van der Waals surface area contributed by atoms with Gasteiger partial charge in [0.1, 0.15) is 0 Å². The van der Waals surface area contributed by atoms with Crippen molar-refractivity contribution in [1.82, 2.24) is 5.32 Å². The van der Waals surface area contributed by atoms with Crippen LogP contribution in [0.2, 0.25) is 0 Å². The van der Waals surface area contributed by atoms with Crippen LogP contribution < -0.4 is 5.32 Å². The zero-order valence-corrected chi connectivity index (χ0v) is 13.3. The fourth-order valence-corrected chi connectivity index (χ4v) is 3.35. The van der Waals surface area contributed by atoms with E-state index in [1.54, 1.807) is 0 Å². The maximum Gasteiger partial charge on any atom is 0.311 e. The van der Waals surface area contributed by atoms with Gasteiger partial charge in [-0.3, -0.25) is 9.59 Å². The van der Waals surface area contributed by atoms with E-state index in [2.05, 4.69) is 11.4 Å². The molecule has 1 aliphatic rings. The molecule has 1 aromatic carbocycles. The summed E-state index contributed by atoms with van der Waals surface area (Å²) in [6.45, 7) is 4.29. The van der Waals surface area contributed by atoms with Crippen molar-refractivity contribution >= 4 is 23.6 Å². The number of carboxylic acid groups (broad SMARTS) is 1. The van der Waals surface area contributed by atoms with Gasteiger partial charge in [0.2, 0.25) is 5.91 Å². The second-order valence-electron chi connectivity index (χ2n) is 5.77. The third-order valence-electron chi connectivity index (χ3n) is 4.09. The van der Waals surface area contributed by atoms with Crippen LogP contribution in [0.5, 0.6) is 0 Å². The number of rotatable bonds is 6. The van der Waals surface area contributed by atoms with E-state index in [4.69, 9.17) is 0 Å². The summed E-state index contributed by atoms with van der Waals surface area (Å²) in [5, 5.41) is 12.0. The van der Waals surface area contributed by atoms with Crippen LogP contribution in [0.3, 0.4) is 0 Å². The van der Waals surface area contributed by atoms with E-state index in [0.29, 0.717) is 18.6 Å². The smallest absolute Gasteiger partial charge is 0.311 e. The molecule has 1 aliphatic carbocycles. The summed E-state index contributed by atoms with van der Waals surface area (Å²) in [6.07, 6.45) is 2.25. The van der Waals surface area contributed by atoms with E-state index in [1.165, 1.54) is 17.3 Å². The molecule has 1 amide bonds. The van der Waals surface area contributed by atoms with Crippen LogP contribution in [-0.2, 0) is 9.59 Å². The molecular weight excluding hydrogens is 286 g/mol. The van der Waals surface area contributed by atoms with Crippen LogP contribution in [0.4, 0.5) is 0 Å². The van der Waals surface area contributed by atoms with Crippen LogP contribution in [-0.4, -0.2) is 29.3 Å². The van der Waals surface area contributed by atoms with E-state index in [9.17, 15) is 14.7 Å². The van der Waals surface area contributed by atoms with Crippen molar-refractivity contribution in [2.45, 2.75) is 38.0 Å². The number of aliphatic carboxylic acids is 1. The zero-order chi connectivity index (χ0) is 15.5.